The summed E-state index contributed by atoms with van der Waals surface area (Å²) in [5, 5.41) is 0. The molecule has 3 rings (SSSR count). The second-order valence-electron chi connectivity index (χ2n) is 6.17. The van der Waals surface area contributed by atoms with Crippen molar-refractivity contribution in [2.24, 2.45) is 5.92 Å². The number of carbonyl (C=O) groups is 1. The number of carbonyl (C=O) groups excluding carboxylic acids is 1. The van der Waals surface area contributed by atoms with Crippen molar-refractivity contribution in [3.63, 3.8) is 0 Å². The monoisotopic (exact) mass is 281 g/mol. The topological polar surface area (TPSA) is 20.3 Å². The lowest BCUT2D eigenvalue weighted by atomic mass is 9.88. The van der Waals surface area contributed by atoms with Crippen LogP contribution < -0.4 is 0 Å². The first-order chi connectivity index (χ1) is 10.3. The van der Waals surface area contributed by atoms with E-state index in [1.165, 1.54) is 19.3 Å². The van der Waals surface area contributed by atoms with Gasteiger partial charge in [0.05, 0.1) is 6.54 Å². The number of nitrogens with zero attached hydrogens (tertiary/aromatic N) is 1. The lowest BCUT2D eigenvalue weighted by Crippen LogP contribution is -2.45. The third-order valence-electron chi connectivity index (χ3n) is 4.77. The predicted octanol–water partition coefficient (Wildman–Crippen LogP) is 3.26. The Bertz CT molecular complexity index is 540. The molecular formula is C19H23NO. The Morgan fingerprint density at radius 1 is 1.10 bits per heavy atom. The zero-order chi connectivity index (χ0) is 14.5. The van der Waals surface area contributed by atoms with E-state index < -0.39 is 0 Å². The Morgan fingerprint density at radius 3 is 2.71 bits per heavy atom. The molecule has 110 valence electrons. The van der Waals surface area contributed by atoms with Gasteiger partial charge in [-0.2, -0.15) is 0 Å². The normalized spacial score (nSPS) is 26.4. The van der Waals surface area contributed by atoms with Crippen LogP contribution in [0.2, 0.25) is 0 Å². The van der Waals surface area contributed by atoms with Crippen LogP contribution in [0.5, 0.6) is 0 Å². The van der Waals surface area contributed by atoms with Gasteiger partial charge in [-0.25, -0.2) is 0 Å². The third kappa shape index (κ3) is 3.54. The number of hydrogen-bond acceptors (Lipinski definition) is 2. The summed E-state index contributed by atoms with van der Waals surface area (Å²) in [7, 11) is 0. The molecular weight excluding hydrogens is 258 g/mol. The van der Waals surface area contributed by atoms with Gasteiger partial charge in [0.1, 0.15) is 5.78 Å². The van der Waals surface area contributed by atoms with E-state index in [4.69, 9.17) is 0 Å². The summed E-state index contributed by atoms with van der Waals surface area (Å²) in [5.41, 5.74) is 1.07. The van der Waals surface area contributed by atoms with Gasteiger partial charge in [0, 0.05) is 23.9 Å². The Kier molecular flexibility index (Phi) is 4.72. The van der Waals surface area contributed by atoms with E-state index in [0.717, 1.165) is 37.9 Å². The highest BCUT2D eigenvalue weighted by Crippen LogP contribution is 2.32. The van der Waals surface area contributed by atoms with Gasteiger partial charge in [0.25, 0.3) is 0 Å². The molecule has 0 spiro atoms. The smallest absolute Gasteiger partial charge is 0.137 e. The molecule has 0 aromatic heterocycles. The fraction of sp³-hybridized carbons (Fsp3) is 0.526. The SMILES string of the molecule is O=C1CCCC1C1CCCCN1CC#Cc1ccccc1. The van der Waals surface area contributed by atoms with E-state index in [1.54, 1.807) is 0 Å². The molecule has 2 atom stereocenters. The van der Waals surface area contributed by atoms with Gasteiger partial charge in [-0.3, -0.25) is 9.69 Å². The summed E-state index contributed by atoms with van der Waals surface area (Å²) in [6.45, 7) is 1.89. The number of piperidine rings is 1. The van der Waals surface area contributed by atoms with Crippen molar-refractivity contribution in [3.05, 3.63) is 35.9 Å². The van der Waals surface area contributed by atoms with Crippen LogP contribution in [0, 0.1) is 17.8 Å². The van der Waals surface area contributed by atoms with Gasteiger partial charge in [0.2, 0.25) is 0 Å². The first kappa shape index (κ1) is 14.4. The summed E-state index contributed by atoms with van der Waals surface area (Å²) in [5.74, 6) is 7.31. The summed E-state index contributed by atoms with van der Waals surface area (Å²) in [4.78, 5) is 14.5. The van der Waals surface area contributed by atoms with E-state index in [1.807, 2.05) is 30.3 Å². The van der Waals surface area contributed by atoms with Crippen LogP contribution in [0.1, 0.15) is 44.1 Å². The Hall–Kier alpha value is -1.59. The quantitative estimate of drug-likeness (QED) is 0.776. The number of hydrogen-bond donors (Lipinski definition) is 0. The van der Waals surface area contributed by atoms with E-state index >= 15 is 0 Å². The molecule has 1 saturated carbocycles. The van der Waals surface area contributed by atoms with Gasteiger partial charge in [-0.15, -0.1) is 0 Å². The van der Waals surface area contributed by atoms with Gasteiger partial charge in [-0.05, 0) is 44.4 Å². The fourth-order valence-electron chi connectivity index (χ4n) is 3.68. The molecule has 1 aromatic rings. The van der Waals surface area contributed by atoms with E-state index in [9.17, 15) is 4.79 Å². The minimum atomic E-state index is 0.281. The fourth-order valence-corrected chi connectivity index (χ4v) is 3.68. The van der Waals surface area contributed by atoms with Crippen molar-refractivity contribution in [1.82, 2.24) is 4.90 Å². The molecule has 2 heteroatoms. The number of benzene rings is 1. The van der Waals surface area contributed by atoms with E-state index in [2.05, 4.69) is 16.7 Å². The lowest BCUT2D eigenvalue weighted by molar-refractivity contribution is -0.123. The lowest BCUT2D eigenvalue weighted by Gasteiger charge is -2.37. The maximum absolute atomic E-state index is 12.1. The van der Waals surface area contributed by atoms with Crippen molar-refractivity contribution in [2.45, 2.75) is 44.6 Å². The molecule has 1 aromatic carbocycles. The number of rotatable bonds is 2. The first-order valence-electron chi connectivity index (χ1n) is 8.15. The molecule has 0 N–H and O–H groups in total. The highest BCUT2D eigenvalue weighted by molar-refractivity contribution is 5.83. The third-order valence-corrected chi connectivity index (χ3v) is 4.77. The minimum Gasteiger partial charge on any atom is -0.299 e. The Labute approximate surface area is 127 Å². The van der Waals surface area contributed by atoms with Gasteiger partial charge in [-0.1, -0.05) is 36.5 Å². The van der Waals surface area contributed by atoms with Crippen LogP contribution in [-0.4, -0.2) is 29.8 Å². The van der Waals surface area contributed by atoms with Crippen LogP contribution in [-0.2, 0) is 4.79 Å². The number of Topliss-reactive ketones (excluding diaryl/α,β-unsaturated/α-hetero) is 1. The predicted molar refractivity (Wildman–Crippen MR) is 84.9 cm³/mol. The first-order valence-corrected chi connectivity index (χ1v) is 8.15. The Morgan fingerprint density at radius 2 is 1.95 bits per heavy atom. The molecule has 1 heterocycles. The summed E-state index contributed by atoms with van der Waals surface area (Å²) < 4.78 is 0. The zero-order valence-electron chi connectivity index (χ0n) is 12.6. The van der Waals surface area contributed by atoms with Gasteiger partial charge < -0.3 is 0 Å². The van der Waals surface area contributed by atoms with Crippen molar-refractivity contribution in [2.75, 3.05) is 13.1 Å². The van der Waals surface area contributed by atoms with Crippen LogP contribution >= 0.6 is 0 Å². The molecule has 0 bridgehead atoms. The molecule has 2 nitrogen and oxygen atoms in total. The second kappa shape index (κ2) is 6.91. The van der Waals surface area contributed by atoms with Crippen molar-refractivity contribution < 1.29 is 4.79 Å². The van der Waals surface area contributed by atoms with Crippen LogP contribution in [0.4, 0.5) is 0 Å². The zero-order valence-corrected chi connectivity index (χ0v) is 12.6. The standard InChI is InChI=1S/C19H23NO/c21-19-13-6-11-17(19)18-12-4-5-14-20(18)15-7-10-16-8-2-1-3-9-16/h1-3,8-9,17-18H,4-6,11-15H2. The molecule has 1 aliphatic carbocycles. The highest BCUT2D eigenvalue weighted by atomic mass is 16.1. The van der Waals surface area contributed by atoms with Gasteiger partial charge in [0.15, 0.2) is 0 Å². The summed E-state index contributed by atoms with van der Waals surface area (Å²) in [6, 6.07) is 10.6. The molecule has 0 amide bonds. The summed E-state index contributed by atoms with van der Waals surface area (Å²) in [6.07, 6.45) is 6.64. The maximum Gasteiger partial charge on any atom is 0.137 e. The molecule has 2 unspecified atom stereocenters. The van der Waals surface area contributed by atoms with Crippen molar-refractivity contribution in [3.8, 4) is 11.8 Å². The van der Waals surface area contributed by atoms with E-state index in [-0.39, 0.29) is 5.92 Å². The molecule has 1 aliphatic heterocycles. The average molecular weight is 281 g/mol. The van der Waals surface area contributed by atoms with E-state index in [0.29, 0.717) is 11.8 Å². The molecule has 2 fully saturated rings. The van der Waals surface area contributed by atoms with Crippen LogP contribution in [0.3, 0.4) is 0 Å². The maximum atomic E-state index is 12.1. The second-order valence-corrected chi connectivity index (χ2v) is 6.17. The molecule has 1 saturated heterocycles. The summed E-state index contributed by atoms with van der Waals surface area (Å²) >= 11 is 0. The minimum absolute atomic E-state index is 0.281. The van der Waals surface area contributed by atoms with Crippen LogP contribution in [0.25, 0.3) is 0 Å². The molecule has 0 radical (unpaired) electrons. The highest BCUT2D eigenvalue weighted by Gasteiger charge is 2.36. The van der Waals surface area contributed by atoms with Crippen LogP contribution in [0.15, 0.2) is 30.3 Å². The Balaban J connectivity index is 1.65. The van der Waals surface area contributed by atoms with Crippen molar-refractivity contribution >= 4 is 5.78 Å². The number of likely N-dealkylation sites (tertiary alicyclic amines) is 1. The largest absolute Gasteiger partial charge is 0.299 e. The molecule has 2 aliphatic rings. The van der Waals surface area contributed by atoms with Crippen molar-refractivity contribution in [1.29, 1.82) is 0 Å². The van der Waals surface area contributed by atoms with Gasteiger partial charge >= 0.3 is 0 Å². The number of ketones is 1. The molecule has 21 heavy (non-hydrogen) atoms. The average Bonchev–Trinajstić information content (AvgIpc) is 2.95.